The first-order valence-electron chi connectivity index (χ1n) is 7.27. The standard InChI is InChI=1S/C14H22N2O5/c1-10-6-14(8-17,9-18)7-16(10)13(21)4-5-15-11(19)2-3-12(15)20/h10,17-18H,2-9H2,1H3. The van der Waals surface area contributed by atoms with Gasteiger partial charge in [0, 0.05) is 43.8 Å². The fraction of sp³-hybridized carbons (Fsp3) is 0.786. The lowest BCUT2D eigenvalue weighted by molar-refractivity contribution is -0.139. The Balaban J connectivity index is 1.92. The lowest BCUT2D eigenvalue weighted by Crippen LogP contribution is -2.40. The van der Waals surface area contributed by atoms with Crippen LogP contribution in [0, 0.1) is 5.41 Å². The second-order valence-electron chi connectivity index (χ2n) is 6.08. The van der Waals surface area contributed by atoms with Crippen LogP contribution in [0.1, 0.15) is 32.6 Å². The molecule has 0 aromatic heterocycles. The Labute approximate surface area is 123 Å². The molecule has 2 heterocycles. The van der Waals surface area contributed by atoms with E-state index in [1.807, 2.05) is 6.92 Å². The summed E-state index contributed by atoms with van der Waals surface area (Å²) in [5, 5.41) is 18.8. The Kier molecular flexibility index (Phi) is 4.63. The average Bonchev–Trinajstić information content (AvgIpc) is 2.98. The first-order valence-corrected chi connectivity index (χ1v) is 7.27. The van der Waals surface area contributed by atoms with Crippen LogP contribution in [-0.2, 0) is 14.4 Å². The van der Waals surface area contributed by atoms with Gasteiger partial charge >= 0.3 is 0 Å². The molecule has 0 aliphatic carbocycles. The van der Waals surface area contributed by atoms with Crippen molar-refractivity contribution in [1.29, 1.82) is 0 Å². The van der Waals surface area contributed by atoms with Crippen molar-refractivity contribution in [2.75, 3.05) is 26.3 Å². The zero-order valence-electron chi connectivity index (χ0n) is 12.2. The molecule has 2 aliphatic heterocycles. The second kappa shape index (κ2) is 6.11. The Morgan fingerprint density at radius 3 is 2.29 bits per heavy atom. The van der Waals surface area contributed by atoms with Gasteiger partial charge < -0.3 is 15.1 Å². The van der Waals surface area contributed by atoms with E-state index in [0.29, 0.717) is 13.0 Å². The Morgan fingerprint density at radius 2 is 1.81 bits per heavy atom. The largest absolute Gasteiger partial charge is 0.396 e. The Hall–Kier alpha value is -1.47. The molecular weight excluding hydrogens is 276 g/mol. The van der Waals surface area contributed by atoms with Gasteiger partial charge in [-0.2, -0.15) is 0 Å². The van der Waals surface area contributed by atoms with E-state index in [4.69, 9.17) is 0 Å². The van der Waals surface area contributed by atoms with Gasteiger partial charge in [0.25, 0.3) is 0 Å². The number of carbonyl (C=O) groups is 3. The number of rotatable bonds is 5. The highest BCUT2D eigenvalue weighted by atomic mass is 16.3. The number of hydrogen-bond acceptors (Lipinski definition) is 5. The molecule has 0 saturated carbocycles. The molecule has 21 heavy (non-hydrogen) atoms. The van der Waals surface area contributed by atoms with Gasteiger partial charge in [-0.25, -0.2) is 0 Å². The zero-order chi connectivity index (χ0) is 15.6. The van der Waals surface area contributed by atoms with Gasteiger partial charge in [-0.1, -0.05) is 0 Å². The molecule has 1 unspecified atom stereocenters. The van der Waals surface area contributed by atoms with E-state index >= 15 is 0 Å². The van der Waals surface area contributed by atoms with Crippen molar-refractivity contribution >= 4 is 17.7 Å². The highest BCUT2D eigenvalue weighted by Crippen LogP contribution is 2.34. The number of imide groups is 1. The van der Waals surface area contributed by atoms with E-state index in [-0.39, 0.29) is 62.8 Å². The van der Waals surface area contributed by atoms with Gasteiger partial charge in [-0.05, 0) is 13.3 Å². The predicted octanol–water partition coefficient (Wildman–Crippen LogP) is -0.883. The Bertz CT molecular complexity index is 431. The van der Waals surface area contributed by atoms with Crippen molar-refractivity contribution < 1.29 is 24.6 Å². The van der Waals surface area contributed by atoms with E-state index in [0.717, 1.165) is 4.90 Å². The number of carbonyl (C=O) groups excluding carboxylic acids is 3. The molecule has 2 rings (SSSR count). The van der Waals surface area contributed by atoms with Gasteiger partial charge in [0.05, 0.1) is 13.2 Å². The van der Waals surface area contributed by atoms with Crippen molar-refractivity contribution in [2.45, 2.75) is 38.6 Å². The van der Waals surface area contributed by atoms with Crippen LogP contribution in [0.2, 0.25) is 0 Å². The van der Waals surface area contributed by atoms with Crippen molar-refractivity contribution in [3.63, 3.8) is 0 Å². The maximum atomic E-state index is 12.3. The van der Waals surface area contributed by atoms with Crippen LogP contribution in [-0.4, -0.2) is 70.1 Å². The lowest BCUT2D eigenvalue weighted by Gasteiger charge is -2.25. The third-order valence-electron chi connectivity index (χ3n) is 4.46. The summed E-state index contributed by atoms with van der Waals surface area (Å²) in [7, 11) is 0. The third-order valence-corrected chi connectivity index (χ3v) is 4.46. The fourth-order valence-corrected chi connectivity index (χ4v) is 3.16. The molecule has 7 nitrogen and oxygen atoms in total. The number of likely N-dealkylation sites (tertiary alicyclic amines) is 2. The Morgan fingerprint density at radius 1 is 1.24 bits per heavy atom. The molecule has 2 aliphatic rings. The normalized spacial score (nSPS) is 25.0. The zero-order valence-corrected chi connectivity index (χ0v) is 12.2. The number of aliphatic hydroxyl groups excluding tert-OH is 2. The van der Waals surface area contributed by atoms with E-state index in [2.05, 4.69) is 0 Å². The first-order chi connectivity index (χ1) is 9.92. The summed E-state index contributed by atoms with van der Waals surface area (Å²) in [5.41, 5.74) is -0.644. The average molecular weight is 298 g/mol. The van der Waals surface area contributed by atoms with Crippen LogP contribution in [0.5, 0.6) is 0 Å². The fourth-order valence-electron chi connectivity index (χ4n) is 3.16. The van der Waals surface area contributed by atoms with Gasteiger partial charge in [0.1, 0.15) is 0 Å². The minimum absolute atomic E-state index is 0.0678. The van der Waals surface area contributed by atoms with E-state index in [1.165, 1.54) is 0 Å². The van der Waals surface area contributed by atoms with Gasteiger partial charge in [-0.3, -0.25) is 19.3 Å². The second-order valence-corrected chi connectivity index (χ2v) is 6.08. The number of amides is 3. The van der Waals surface area contributed by atoms with E-state index < -0.39 is 5.41 Å². The minimum Gasteiger partial charge on any atom is -0.396 e. The van der Waals surface area contributed by atoms with E-state index in [9.17, 15) is 24.6 Å². The highest BCUT2D eigenvalue weighted by Gasteiger charge is 2.43. The van der Waals surface area contributed by atoms with Crippen molar-refractivity contribution in [3.8, 4) is 0 Å². The van der Waals surface area contributed by atoms with Gasteiger partial charge in [0.2, 0.25) is 17.7 Å². The highest BCUT2D eigenvalue weighted by molar-refractivity contribution is 6.02. The van der Waals surface area contributed by atoms with Crippen molar-refractivity contribution in [1.82, 2.24) is 9.80 Å². The summed E-state index contributed by atoms with van der Waals surface area (Å²) >= 11 is 0. The number of aliphatic hydroxyl groups is 2. The molecule has 2 saturated heterocycles. The van der Waals surface area contributed by atoms with Crippen LogP contribution < -0.4 is 0 Å². The van der Waals surface area contributed by atoms with Crippen LogP contribution in [0.15, 0.2) is 0 Å². The summed E-state index contributed by atoms with van der Waals surface area (Å²) in [6.07, 6.45) is 1.10. The van der Waals surface area contributed by atoms with Gasteiger partial charge in [0.15, 0.2) is 0 Å². The summed E-state index contributed by atoms with van der Waals surface area (Å²) in [4.78, 5) is 38.0. The molecule has 3 amide bonds. The molecule has 7 heteroatoms. The van der Waals surface area contributed by atoms with Gasteiger partial charge in [-0.15, -0.1) is 0 Å². The van der Waals surface area contributed by atoms with Crippen LogP contribution >= 0.6 is 0 Å². The SMILES string of the molecule is CC1CC(CO)(CO)CN1C(=O)CCN1C(=O)CCC1=O. The summed E-state index contributed by atoms with van der Waals surface area (Å²) in [6, 6.07) is -0.0678. The molecular formula is C14H22N2O5. The molecule has 2 N–H and O–H groups in total. The maximum Gasteiger partial charge on any atom is 0.229 e. The van der Waals surface area contributed by atoms with Crippen LogP contribution in [0.4, 0.5) is 0 Å². The molecule has 1 atom stereocenters. The molecule has 118 valence electrons. The molecule has 0 spiro atoms. The maximum absolute atomic E-state index is 12.3. The number of nitrogens with zero attached hydrogens (tertiary/aromatic N) is 2. The molecule has 2 fully saturated rings. The quantitative estimate of drug-likeness (QED) is 0.642. The smallest absolute Gasteiger partial charge is 0.229 e. The van der Waals surface area contributed by atoms with E-state index in [1.54, 1.807) is 4.90 Å². The number of hydrogen-bond donors (Lipinski definition) is 2. The summed E-state index contributed by atoms with van der Waals surface area (Å²) in [5.74, 6) is -0.594. The molecule has 0 radical (unpaired) electrons. The monoisotopic (exact) mass is 298 g/mol. The molecule has 0 bridgehead atoms. The van der Waals surface area contributed by atoms with Crippen LogP contribution in [0.3, 0.4) is 0 Å². The topological polar surface area (TPSA) is 98.2 Å². The third kappa shape index (κ3) is 3.08. The summed E-state index contributed by atoms with van der Waals surface area (Å²) in [6.45, 7) is 1.96. The van der Waals surface area contributed by atoms with Crippen LogP contribution in [0.25, 0.3) is 0 Å². The van der Waals surface area contributed by atoms with Crippen molar-refractivity contribution in [2.24, 2.45) is 5.41 Å². The molecule has 0 aromatic rings. The first kappa shape index (κ1) is 15.9. The predicted molar refractivity (Wildman–Crippen MR) is 73.0 cm³/mol. The summed E-state index contributed by atoms with van der Waals surface area (Å²) < 4.78 is 0. The minimum atomic E-state index is -0.644. The van der Waals surface area contributed by atoms with Crippen molar-refractivity contribution in [3.05, 3.63) is 0 Å². The molecule has 0 aromatic carbocycles. The lowest BCUT2D eigenvalue weighted by atomic mass is 9.88.